The number of imide groups is 1. The second kappa shape index (κ2) is 5.68. The molecule has 1 saturated heterocycles. The van der Waals surface area contributed by atoms with Crippen LogP contribution in [0.4, 0.5) is 10.5 Å². The van der Waals surface area contributed by atoms with E-state index in [1.165, 1.54) is 4.90 Å². The van der Waals surface area contributed by atoms with Crippen molar-refractivity contribution in [3.05, 3.63) is 29.3 Å². The summed E-state index contributed by atoms with van der Waals surface area (Å²) in [6.07, 6.45) is 3.97. The first-order valence-electron chi connectivity index (χ1n) is 7.53. The summed E-state index contributed by atoms with van der Waals surface area (Å²) in [6, 6.07) is 6.76. The highest BCUT2D eigenvalue weighted by molar-refractivity contribution is 6.30. The molecule has 0 radical (unpaired) electrons. The number of rotatable bonds is 2. The molecule has 1 aromatic rings. The van der Waals surface area contributed by atoms with Crippen LogP contribution in [0.2, 0.25) is 5.02 Å². The number of hydrogen-bond donors (Lipinski definition) is 0. The summed E-state index contributed by atoms with van der Waals surface area (Å²) in [7, 11) is 0. The monoisotopic (exact) mass is 306 g/mol. The van der Waals surface area contributed by atoms with Crippen molar-refractivity contribution < 1.29 is 9.59 Å². The number of carbonyl (C=O) groups is 2. The van der Waals surface area contributed by atoms with Crippen LogP contribution in [0, 0.1) is 5.92 Å². The minimum absolute atomic E-state index is 0.0586. The van der Waals surface area contributed by atoms with Crippen molar-refractivity contribution in [2.75, 3.05) is 11.4 Å². The van der Waals surface area contributed by atoms with Crippen molar-refractivity contribution in [2.24, 2.45) is 5.92 Å². The molecule has 1 aliphatic carbocycles. The Morgan fingerprint density at radius 1 is 1.14 bits per heavy atom. The van der Waals surface area contributed by atoms with Crippen molar-refractivity contribution in [2.45, 2.75) is 38.6 Å². The van der Waals surface area contributed by atoms with Crippen LogP contribution < -0.4 is 4.90 Å². The zero-order chi connectivity index (χ0) is 15.0. The predicted octanol–water partition coefficient (Wildman–Crippen LogP) is 3.69. The summed E-state index contributed by atoms with van der Waals surface area (Å²) in [4.78, 5) is 28.6. The SMILES string of the molecule is CCN1C(=O)N(c2ccc(Cl)cc2)C(=O)C2CCCCC21. The summed E-state index contributed by atoms with van der Waals surface area (Å²) in [6.45, 7) is 2.61. The third-order valence-corrected chi connectivity index (χ3v) is 4.78. The van der Waals surface area contributed by atoms with E-state index in [1.807, 2.05) is 11.8 Å². The maximum absolute atomic E-state index is 12.8. The van der Waals surface area contributed by atoms with Crippen molar-refractivity contribution in [1.82, 2.24) is 4.90 Å². The predicted molar refractivity (Wildman–Crippen MR) is 82.5 cm³/mol. The minimum Gasteiger partial charge on any atom is -0.320 e. The van der Waals surface area contributed by atoms with Crippen LogP contribution in [0.15, 0.2) is 24.3 Å². The van der Waals surface area contributed by atoms with Crippen LogP contribution in [0.25, 0.3) is 0 Å². The molecule has 0 aromatic heterocycles. The first-order chi connectivity index (χ1) is 10.1. The van der Waals surface area contributed by atoms with Gasteiger partial charge in [-0.2, -0.15) is 0 Å². The lowest BCUT2D eigenvalue weighted by Crippen LogP contribution is -2.62. The van der Waals surface area contributed by atoms with Crippen molar-refractivity contribution in [1.29, 1.82) is 0 Å². The Morgan fingerprint density at radius 2 is 1.81 bits per heavy atom. The van der Waals surface area contributed by atoms with Crippen LogP contribution >= 0.6 is 11.6 Å². The lowest BCUT2D eigenvalue weighted by atomic mass is 9.81. The van der Waals surface area contributed by atoms with Gasteiger partial charge in [-0.15, -0.1) is 0 Å². The second-order valence-electron chi connectivity index (χ2n) is 5.68. The van der Waals surface area contributed by atoms with Gasteiger partial charge in [0.05, 0.1) is 11.6 Å². The van der Waals surface area contributed by atoms with Gasteiger partial charge in [-0.25, -0.2) is 9.69 Å². The number of carbonyl (C=O) groups excluding carboxylic acids is 2. The number of hydrogen-bond acceptors (Lipinski definition) is 2. The molecule has 1 heterocycles. The highest BCUT2D eigenvalue weighted by Gasteiger charge is 2.46. The number of anilines is 1. The van der Waals surface area contributed by atoms with E-state index in [9.17, 15) is 9.59 Å². The van der Waals surface area contributed by atoms with E-state index in [0.717, 1.165) is 25.7 Å². The first kappa shape index (κ1) is 14.4. The number of amides is 3. The lowest BCUT2D eigenvalue weighted by molar-refractivity contribution is -0.126. The molecule has 112 valence electrons. The zero-order valence-electron chi connectivity index (χ0n) is 12.1. The number of fused-ring (bicyclic) bond motifs is 1. The molecule has 2 aliphatic rings. The summed E-state index contributed by atoms with van der Waals surface area (Å²) in [5.74, 6) is -0.121. The highest BCUT2D eigenvalue weighted by atomic mass is 35.5. The molecule has 1 aliphatic heterocycles. The summed E-state index contributed by atoms with van der Waals surface area (Å²) in [5.41, 5.74) is 0.608. The molecule has 2 atom stereocenters. The molecule has 2 unspecified atom stereocenters. The second-order valence-corrected chi connectivity index (χ2v) is 6.11. The van der Waals surface area contributed by atoms with Crippen LogP contribution in [-0.2, 0) is 4.79 Å². The lowest BCUT2D eigenvalue weighted by Gasteiger charge is -2.46. The van der Waals surface area contributed by atoms with E-state index in [-0.39, 0.29) is 23.9 Å². The Bertz CT molecular complexity index is 540. The van der Waals surface area contributed by atoms with Crippen molar-refractivity contribution >= 4 is 29.2 Å². The maximum atomic E-state index is 12.8. The summed E-state index contributed by atoms with van der Waals surface area (Å²) in [5, 5.41) is 0.596. The standard InChI is InChI=1S/C16H19ClN2O2/c1-2-18-14-6-4-3-5-13(14)15(20)19(16(18)21)12-9-7-11(17)8-10-12/h7-10,13-14H,2-6H2,1H3. The Balaban J connectivity index is 1.97. The van der Waals surface area contributed by atoms with Gasteiger partial charge in [0.2, 0.25) is 5.91 Å². The molecule has 1 aromatic carbocycles. The summed E-state index contributed by atoms with van der Waals surface area (Å²) >= 11 is 5.89. The fourth-order valence-electron chi connectivity index (χ4n) is 3.50. The fourth-order valence-corrected chi connectivity index (χ4v) is 3.63. The average molecular weight is 307 g/mol. The third kappa shape index (κ3) is 2.42. The molecule has 1 saturated carbocycles. The van der Waals surface area contributed by atoms with E-state index in [4.69, 9.17) is 11.6 Å². The molecule has 5 heteroatoms. The van der Waals surface area contributed by atoms with E-state index in [1.54, 1.807) is 24.3 Å². The summed E-state index contributed by atoms with van der Waals surface area (Å²) < 4.78 is 0. The number of nitrogens with zero attached hydrogens (tertiary/aromatic N) is 2. The molecular weight excluding hydrogens is 288 g/mol. The largest absolute Gasteiger partial charge is 0.331 e. The molecular formula is C16H19ClN2O2. The molecule has 0 spiro atoms. The average Bonchev–Trinajstić information content (AvgIpc) is 2.50. The normalized spacial score (nSPS) is 26.0. The molecule has 0 N–H and O–H groups in total. The molecule has 21 heavy (non-hydrogen) atoms. The van der Waals surface area contributed by atoms with Gasteiger partial charge in [-0.05, 0) is 44.0 Å². The van der Waals surface area contributed by atoms with Gasteiger partial charge in [0, 0.05) is 17.6 Å². The fraction of sp³-hybridized carbons (Fsp3) is 0.500. The highest BCUT2D eigenvalue weighted by Crippen LogP contribution is 2.36. The van der Waals surface area contributed by atoms with Gasteiger partial charge < -0.3 is 4.90 Å². The topological polar surface area (TPSA) is 40.6 Å². The van der Waals surface area contributed by atoms with E-state index >= 15 is 0 Å². The van der Waals surface area contributed by atoms with Gasteiger partial charge in [-0.1, -0.05) is 24.4 Å². The first-order valence-corrected chi connectivity index (χ1v) is 7.91. The number of urea groups is 1. The van der Waals surface area contributed by atoms with Gasteiger partial charge in [-0.3, -0.25) is 4.79 Å². The Morgan fingerprint density at radius 3 is 2.48 bits per heavy atom. The quantitative estimate of drug-likeness (QED) is 0.836. The van der Waals surface area contributed by atoms with E-state index < -0.39 is 0 Å². The number of benzene rings is 1. The van der Waals surface area contributed by atoms with Gasteiger partial charge >= 0.3 is 6.03 Å². The Kier molecular flexibility index (Phi) is 3.89. The Labute approximate surface area is 129 Å². The van der Waals surface area contributed by atoms with Crippen LogP contribution in [0.3, 0.4) is 0 Å². The van der Waals surface area contributed by atoms with Gasteiger partial charge in [0.1, 0.15) is 0 Å². The third-order valence-electron chi connectivity index (χ3n) is 4.53. The van der Waals surface area contributed by atoms with Gasteiger partial charge in [0.15, 0.2) is 0 Å². The molecule has 4 nitrogen and oxygen atoms in total. The maximum Gasteiger partial charge on any atom is 0.331 e. The van der Waals surface area contributed by atoms with Crippen molar-refractivity contribution in [3.63, 3.8) is 0 Å². The minimum atomic E-state index is -0.201. The van der Waals surface area contributed by atoms with E-state index in [2.05, 4.69) is 0 Å². The van der Waals surface area contributed by atoms with Gasteiger partial charge in [0.25, 0.3) is 0 Å². The molecule has 0 bridgehead atoms. The molecule has 2 fully saturated rings. The van der Waals surface area contributed by atoms with Crippen molar-refractivity contribution in [3.8, 4) is 0 Å². The van der Waals surface area contributed by atoms with Crippen LogP contribution in [0.1, 0.15) is 32.6 Å². The van der Waals surface area contributed by atoms with Crippen LogP contribution in [0.5, 0.6) is 0 Å². The molecule has 3 rings (SSSR count). The van der Waals surface area contributed by atoms with E-state index in [0.29, 0.717) is 17.3 Å². The smallest absolute Gasteiger partial charge is 0.320 e. The Hall–Kier alpha value is -1.55. The number of halogens is 1. The molecule has 3 amide bonds. The van der Waals surface area contributed by atoms with Crippen LogP contribution in [-0.4, -0.2) is 29.4 Å². The zero-order valence-corrected chi connectivity index (χ0v) is 12.8.